The zero-order valence-corrected chi connectivity index (χ0v) is 8.20. The minimum absolute atomic E-state index is 0.0362. The van der Waals surface area contributed by atoms with Crippen molar-refractivity contribution in [2.75, 3.05) is 20.4 Å². The van der Waals surface area contributed by atoms with Crippen LogP contribution in [0.5, 0.6) is 17.2 Å². The lowest BCUT2D eigenvalue weighted by Crippen LogP contribution is -2.00. The Hall–Kier alpha value is -1.78. The second-order valence-corrected chi connectivity index (χ2v) is 2.73. The third-order valence-electron chi connectivity index (χ3n) is 1.75. The maximum absolute atomic E-state index is 11.9. The SMILES string of the molecule is COc1cc(C=O)cc(OCCF)c1O. The van der Waals surface area contributed by atoms with E-state index in [0.717, 1.165) is 0 Å². The number of hydrogen-bond acceptors (Lipinski definition) is 4. The number of methoxy groups -OCH3 is 1. The maximum atomic E-state index is 11.9. The van der Waals surface area contributed by atoms with Crippen LogP contribution in [0, 0.1) is 0 Å². The summed E-state index contributed by atoms with van der Waals surface area (Å²) in [4.78, 5) is 10.5. The van der Waals surface area contributed by atoms with Gasteiger partial charge in [-0.3, -0.25) is 4.79 Å². The molecule has 0 aliphatic carbocycles. The molecule has 0 atom stereocenters. The van der Waals surface area contributed by atoms with Gasteiger partial charge in [0, 0.05) is 5.56 Å². The number of carbonyl (C=O) groups excluding carboxylic acids is 1. The lowest BCUT2D eigenvalue weighted by Gasteiger charge is -2.10. The molecule has 4 nitrogen and oxygen atoms in total. The molecule has 0 spiro atoms. The zero-order valence-electron chi connectivity index (χ0n) is 8.20. The number of phenolic OH excluding ortho intramolecular Hbond substituents is 1. The highest BCUT2D eigenvalue weighted by atomic mass is 19.1. The Balaban J connectivity index is 3.06. The molecule has 0 heterocycles. The number of hydrogen-bond donors (Lipinski definition) is 1. The van der Waals surface area contributed by atoms with Gasteiger partial charge >= 0.3 is 0 Å². The number of carbonyl (C=O) groups is 1. The lowest BCUT2D eigenvalue weighted by molar-refractivity contribution is 0.112. The predicted octanol–water partition coefficient (Wildman–Crippen LogP) is 1.56. The highest BCUT2D eigenvalue weighted by Gasteiger charge is 2.11. The molecule has 0 saturated carbocycles. The quantitative estimate of drug-likeness (QED) is 0.756. The molecule has 1 aromatic carbocycles. The van der Waals surface area contributed by atoms with E-state index in [2.05, 4.69) is 0 Å². The summed E-state index contributed by atoms with van der Waals surface area (Å²) in [6, 6.07) is 2.69. The molecule has 0 aromatic heterocycles. The fraction of sp³-hybridized carbons (Fsp3) is 0.300. The van der Waals surface area contributed by atoms with Gasteiger partial charge in [-0.15, -0.1) is 0 Å². The zero-order chi connectivity index (χ0) is 11.3. The predicted molar refractivity (Wildman–Crippen MR) is 51.5 cm³/mol. The van der Waals surface area contributed by atoms with Crippen LogP contribution in [-0.4, -0.2) is 31.8 Å². The summed E-state index contributed by atoms with van der Waals surface area (Å²) in [5.41, 5.74) is 0.290. The van der Waals surface area contributed by atoms with E-state index < -0.39 is 6.67 Å². The van der Waals surface area contributed by atoms with Gasteiger partial charge in [-0.05, 0) is 12.1 Å². The van der Waals surface area contributed by atoms with Crippen LogP contribution in [0.1, 0.15) is 10.4 Å². The number of benzene rings is 1. The van der Waals surface area contributed by atoms with E-state index >= 15 is 0 Å². The van der Waals surface area contributed by atoms with E-state index in [4.69, 9.17) is 9.47 Å². The smallest absolute Gasteiger partial charge is 0.200 e. The van der Waals surface area contributed by atoms with Gasteiger partial charge in [-0.2, -0.15) is 0 Å². The number of rotatable bonds is 5. The van der Waals surface area contributed by atoms with Crippen molar-refractivity contribution in [2.45, 2.75) is 0 Å². The number of aldehydes is 1. The average molecular weight is 214 g/mol. The Morgan fingerprint density at radius 1 is 1.47 bits per heavy atom. The monoisotopic (exact) mass is 214 g/mol. The highest BCUT2D eigenvalue weighted by Crippen LogP contribution is 2.36. The summed E-state index contributed by atoms with van der Waals surface area (Å²) in [5, 5.41) is 9.55. The van der Waals surface area contributed by atoms with Gasteiger partial charge in [0.2, 0.25) is 5.75 Å². The van der Waals surface area contributed by atoms with Gasteiger partial charge < -0.3 is 14.6 Å². The van der Waals surface area contributed by atoms with Gasteiger partial charge in [0.05, 0.1) is 7.11 Å². The first-order valence-electron chi connectivity index (χ1n) is 4.28. The van der Waals surface area contributed by atoms with Crippen LogP contribution in [0.25, 0.3) is 0 Å². The number of halogens is 1. The van der Waals surface area contributed by atoms with Crippen LogP contribution < -0.4 is 9.47 Å². The van der Waals surface area contributed by atoms with Gasteiger partial charge in [0.1, 0.15) is 19.6 Å². The van der Waals surface area contributed by atoms with Crippen LogP contribution in [0.3, 0.4) is 0 Å². The molecule has 0 unspecified atom stereocenters. The van der Waals surface area contributed by atoms with E-state index in [1.807, 2.05) is 0 Å². The molecule has 1 rings (SSSR count). The Morgan fingerprint density at radius 2 is 2.13 bits per heavy atom. The van der Waals surface area contributed by atoms with E-state index in [1.54, 1.807) is 0 Å². The molecule has 0 radical (unpaired) electrons. The molecule has 0 amide bonds. The first-order valence-corrected chi connectivity index (χ1v) is 4.28. The fourth-order valence-electron chi connectivity index (χ4n) is 1.08. The number of ether oxygens (including phenoxy) is 2. The summed E-state index contributed by atoms with van der Waals surface area (Å²) in [6.45, 7) is -0.855. The van der Waals surface area contributed by atoms with E-state index in [9.17, 15) is 14.3 Å². The molecule has 0 aliphatic rings. The summed E-state index contributed by atoms with van der Waals surface area (Å²) in [5.74, 6) is -0.0842. The van der Waals surface area contributed by atoms with Gasteiger partial charge in [0.25, 0.3) is 0 Å². The summed E-state index contributed by atoms with van der Waals surface area (Å²) in [6.07, 6.45) is 0.588. The number of phenols is 1. The van der Waals surface area contributed by atoms with Crippen molar-refractivity contribution in [1.29, 1.82) is 0 Å². The normalized spacial score (nSPS) is 9.73. The molecule has 0 aliphatic heterocycles. The van der Waals surface area contributed by atoms with Crippen molar-refractivity contribution in [3.05, 3.63) is 17.7 Å². The molecule has 0 fully saturated rings. The van der Waals surface area contributed by atoms with Gasteiger partial charge in [-0.1, -0.05) is 0 Å². The van der Waals surface area contributed by atoms with Crippen molar-refractivity contribution < 1.29 is 23.8 Å². The molecule has 0 saturated heterocycles. The molecular weight excluding hydrogens is 203 g/mol. The molecule has 5 heteroatoms. The van der Waals surface area contributed by atoms with Crippen LogP contribution in [0.2, 0.25) is 0 Å². The molecule has 82 valence electrons. The van der Waals surface area contributed by atoms with E-state index in [1.165, 1.54) is 19.2 Å². The topological polar surface area (TPSA) is 55.8 Å². The standard InChI is InChI=1S/C10H11FO4/c1-14-8-4-7(6-12)5-9(10(8)13)15-3-2-11/h4-6,13H,2-3H2,1H3. The second-order valence-electron chi connectivity index (χ2n) is 2.73. The Bertz CT molecular complexity index is 352. The molecular formula is C10H11FO4. The molecule has 1 aromatic rings. The third-order valence-corrected chi connectivity index (χ3v) is 1.75. The molecule has 0 bridgehead atoms. The van der Waals surface area contributed by atoms with E-state index in [-0.39, 0.29) is 23.9 Å². The second kappa shape index (κ2) is 5.19. The van der Waals surface area contributed by atoms with Crippen LogP contribution >= 0.6 is 0 Å². The van der Waals surface area contributed by atoms with Crippen molar-refractivity contribution in [3.8, 4) is 17.2 Å². The van der Waals surface area contributed by atoms with Gasteiger partial charge in [-0.25, -0.2) is 4.39 Å². The lowest BCUT2D eigenvalue weighted by atomic mass is 10.2. The molecule has 1 N–H and O–H groups in total. The van der Waals surface area contributed by atoms with Crippen LogP contribution in [0.15, 0.2) is 12.1 Å². The highest BCUT2D eigenvalue weighted by molar-refractivity contribution is 5.78. The fourth-order valence-corrected chi connectivity index (χ4v) is 1.08. The average Bonchev–Trinajstić information content (AvgIpc) is 2.27. The van der Waals surface area contributed by atoms with Gasteiger partial charge in [0.15, 0.2) is 11.5 Å². The minimum atomic E-state index is -0.674. The minimum Gasteiger partial charge on any atom is -0.502 e. The maximum Gasteiger partial charge on any atom is 0.200 e. The Kier molecular flexibility index (Phi) is 3.91. The van der Waals surface area contributed by atoms with Crippen molar-refractivity contribution in [1.82, 2.24) is 0 Å². The summed E-state index contributed by atoms with van der Waals surface area (Å²) < 4.78 is 21.6. The van der Waals surface area contributed by atoms with Crippen molar-refractivity contribution >= 4 is 6.29 Å². The first kappa shape index (κ1) is 11.3. The first-order chi connectivity index (χ1) is 7.22. The largest absolute Gasteiger partial charge is 0.502 e. The third kappa shape index (κ3) is 2.59. The Labute approximate surface area is 86.2 Å². The summed E-state index contributed by atoms with van der Waals surface area (Å²) in [7, 11) is 1.35. The number of alkyl halides is 1. The van der Waals surface area contributed by atoms with Crippen molar-refractivity contribution in [3.63, 3.8) is 0 Å². The van der Waals surface area contributed by atoms with E-state index in [0.29, 0.717) is 11.8 Å². The van der Waals surface area contributed by atoms with Crippen molar-refractivity contribution in [2.24, 2.45) is 0 Å². The summed E-state index contributed by atoms with van der Waals surface area (Å²) >= 11 is 0. The Morgan fingerprint density at radius 3 is 2.67 bits per heavy atom. The van der Waals surface area contributed by atoms with Crippen LogP contribution in [-0.2, 0) is 0 Å². The molecule has 15 heavy (non-hydrogen) atoms. The number of aromatic hydroxyl groups is 1. The van der Waals surface area contributed by atoms with Crippen LogP contribution in [0.4, 0.5) is 4.39 Å².